The summed E-state index contributed by atoms with van der Waals surface area (Å²) in [6.45, 7) is -0.00671. The number of amides is 1. The summed E-state index contributed by atoms with van der Waals surface area (Å²) < 4.78 is 5.54. The molecule has 0 aliphatic rings. The highest BCUT2D eigenvalue weighted by Crippen LogP contribution is 2.20. The van der Waals surface area contributed by atoms with Gasteiger partial charge in [0.15, 0.2) is 6.61 Å². The minimum atomic E-state index is -1.82. The van der Waals surface area contributed by atoms with Crippen molar-refractivity contribution < 1.29 is 29.3 Å². The van der Waals surface area contributed by atoms with E-state index in [0.29, 0.717) is 5.75 Å². The lowest BCUT2D eigenvalue weighted by Crippen LogP contribution is -2.20. The van der Waals surface area contributed by atoms with E-state index in [2.05, 4.69) is 5.32 Å². The Morgan fingerprint density at radius 1 is 0.778 bits per heavy atom. The van der Waals surface area contributed by atoms with E-state index in [1.54, 1.807) is 0 Å². The maximum Gasteiger partial charge on any atom is 0.414 e. The van der Waals surface area contributed by atoms with Crippen molar-refractivity contribution in [1.82, 2.24) is 0 Å². The number of carbonyl (C=O) groups is 3. The molecule has 0 bridgehead atoms. The van der Waals surface area contributed by atoms with Gasteiger partial charge in [-0.3, -0.25) is 4.79 Å². The van der Waals surface area contributed by atoms with Crippen molar-refractivity contribution in [3.05, 3.63) is 72.8 Å². The number of fused-ring (bicyclic) bond motifs is 1. The third-order valence-electron chi connectivity index (χ3n) is 3.33. The van der Waals surface area contributed by atoms with Crippen LogP contribution < -0.4 is 10.1 Å². The van der Waals surface area contributed by atoms with E-state index < -0.39 is 11.9 Å². The number of carboxylic acid groups (broad SMARTS) is 2. The summed E-state index contributed by atoms with van der Waals surface area (Å²) in [5.74, 6) is -3.13. The standard InChI is InChI=1S/C18H15NO2.C2H2O4/c20-18(19-16-8-2-1-3-9-16)13-21-17-11-10-14-6-4-5-7-15(14)12-17;3-1(4)2(5)6/h1-12H,13H2,(H,19,20);(H,3,4)(H,5,6). The van der Waals surface area contributed by atoms with E-state index in [0.717, 1.165) is 16.5 Å². The van der Waals surface area contributed by atoms with Crippen LogP contribution in [0.1, 0.15) is 0 Å². The molecule has 0 saturated heterocycles. The zero-order valence-corrected chi connectivity index (χ0v) is 14.2. The third kappa shape index (κ3) is 6.50. The Kier molecular flexibility index (Phi) is 6.90. The summed E-state index contributed by atoms with van der Waals surface area (Å²) in [7, 11) is 0. The Morgan fingerprint density at radius 3 is 2.00 bits per heavy atom. The van der Waals surface area contributed by atoms with Crippen molar-refractivity contribution in [1.29, 1.82) is 0 Å². The molecule has 0 spiro atoms. The third-order valence-corrected chi connectivity index (χ3v) is 3.33. The number of ether oxygens (including phenoxy) is 1. The fourth-order valence-electron chi connectivity index (χ4n) is 2.12. The molecule has 0 aliphatic heterocycles. The number of aliphatic carboxylic acids is 2. The molecule has 3 aromatic rings. The van der Waals surface area contributed by atoms with E-state index in [4.69, 9.17) is 24.5 Å². The maximum absolute atomic E-state index is 11.8. The molecule has 0 atom stereocenters. The number of carbonyl (C=O) groups excluding carboxylic acids is 1. The second-order valence-electron chi connectivity index (χ2n) is 5.32. The van der Waals surface area contributed by atoms with Crippen LogP contribution in [0.4, 0.5) is 5.69 Å². The maximum atomic E-state index is 11.8. The molecule has 0 radical (unpaired) electrons. The molecule has 7 heteroatoms. The van der Waals surface area contributed by atoms with Crippen molar-refractivity contribution in [3.63, 3.8) is 0 Å². The van der Waals surface area contributed by atoms with E-state index >= 15 is 0 Å². The minimum Gasteiger partial charge on any atom is -0.484 e. The number of para-hydroxylation sites is 1. The van der Waals surface area contributed by atoms with Crippen molar-refractivity contribution in [3.8, 4) is 5.75 Å². The van der Waals surface area contributed by atoms with Crippen molar-refractivity contribution in [2.24, 2.45) is 0 Å². The lowest BCUT2D eigenvalue weighted by atomic mass is 10.1. The fourth-order valence-corrected chi connectivity index (χ4v) is 2.12. The fraction of sp³-hybridized carbons (Fsp3) is 0.0500. The number of hydrogen-bond donors (Lipinski definition) is 3. The largest absolute Gasteiger partial charge is 0.484 e. The van der Waals surface area contributed by atoms with Crippen LogP contribution in [0, 0.1) is 0 Å². The Bertz CT molecular complexity index is 927. The summed E-state index contributed by atoms with van der Waals surface area (Å²) in [4.78, 5) is 30.0. The molecule has 3 rings (SSSR count). The zero-order chi connectivity index (χ0) is 19.6. The van der Waals surface area contributed by atoms with Crippen LogP contribution in [-0.2, 0) is 14.4 Å². The van der Waals surface area contributed by atoms with Crippen molar-refractivity contribution >= 4 is 34.3 Å². The Labute approximate surface area is 154 Å². The van der Waals surface area contributed by atoms with Gasteiger partial charge in [-0.15, -0.1) is 0 Å². The Balaban J connectivity index is 0.000000380. The predicted octanol–water partition coefficient (Wildman–Crippen LogP) is 3.01. The average Bonchev–Trinajstić information content (AvgIpc) is 2.67. The SMILES string of the molecule is O=C(COc1ccc2ccccc2c1)Nc1ccccc1.O=C(O)C(=O)O. The number of benzene rings is 3. The van der Waals surface area contributed by atoms with Crippen LogP contribution in [0.2, 0.25) is 0 Å². The van der Waals surface area contributed by atoms with Gasteiger partial charge in [0.2, 0.25) is 0 Å². The van der Waals surface area contributed by atoms with E-state index in [9.17, 15) is 4.79 Å². The number of rotatable bonds is 4. The van der Waals surface area contributed by atoms with Crippen LogP contribution in [0.3, 0.4) is 0 Å². The van der Waals surface area contributed by atoms with E-state index in [1.807, 2.05) is 72.8 Å². The molecule has 0 heterocycles. The summed E-state index contributed by atoms with van der Waals surface area (Å²) in [5, 5.41) is 19.8. The number of hydrogen-bond acceptors (Lipinski definition) is 4. The monoisotopic (exact) mass is 367 g/mol. The lowest BCUT2D eigenvalue weighted by molar-refractivity contribution is -0.159. The van der Waals surface area contributed by atoms with Gasteiger partial charge in [-0.05, 0) is 35.0 Å². The highest BCUT2D eigenvalue weighted by molar-refractivity contribution is 6.27. The van der Waals surface area contributed by atoms with E-state index in [-0.39, 0.29) is 12.5 Å². The minimum absolute atomic E-state index is 0.00671. The molecule has 7 nitrogen and oxygen atoms in total. The molecule has 138 valence electrons. The van der Waals surface area contributed by atoms with Gasteiger partial charge < -0.3 is 20.3 Å². The second-order valence-corrected chi connectivity index (χ2v) is 5.32. The molecule has 27 heavy (non-hydrogen) atoms. The van der Waals surface area contributed by atoms with Crippen molar-refractivity contribution in [2.45, 2.75) is 0 Å². The summed E-state index contributed by atoms with van der Waals surface area (Å²) in [6.07, 6.45) is 0. The Morgan fingerprint density at radius 2 is 1.37 bits per heavy atom. The normalized spacial score (nSPS) is 9.63. The Hall–Kier alpha value is -3.87. The number of nitrogens with one attached hydrogen (secondary N) is 1. The van der Waals surface area contributed by atoms with Gasteiger partial charge in [0.25, 0.3) is 5.91 Å². The highest BCUT2D eigenvalue weighted by atomic mass is 16.5. The first-order valence-electron chi connectivity index (χ1n) is 7.88. The van der Waals surface area contributed by atoms with Crippen LogP contribution in [-0.4, -0.2) is 34.7 Å². The van der Waals surface area contributed by atoms with Gasteiger partial charge in [0, 0.05) is 5.69 Å². The first-order valence-corrected chi connectivity index (χ1v) is 7.88. The van der Waals surface area contributed by atoms with Crippen LogP contribution >= 0.6 is 0 Å². The molecule has 0 aliphatic carbocycles. The molecule has 3 aromatic carbocycles. The second kappa shape index (κ2) is 9.57. The lowest BCUT2D eigenvalue weighted by Gasteiger charge is -2.08. The molecule has 0 fully saturated rings. The van der Waals surface area contributed by atoms with E-state index in [1.165, 1.54) is 0 Å². The summed E-state index contributed by atoms with van der Waals surface area (Å²) in [5.41, 5.74) is 0.768. The molecule has 3 N–H and O–H groups in total. The first kappa shape index (κ1) is 19.5. The summed E-state index contributed by atoms with van der Waals surface area (Å²) in [6, 6.07) is 23.2. The van der Waals surface area contributed by atoms with Gasteiger partial charge in [0.1, 0.15) is 5.75 Å². The van der Waals surface area contributed by atoms with Crippen LogP contribution in [0.5, 0.6) is 5.75 Å². The van der Waals surface area contributed by atoms with Crippen molar-refractivity contribution in [2.75, 3.05) is 11.9 Å². The predicted molar refractivity (Wildman–Crippen MR) is 99.8 cm³/mol. The molecular formula is C20H17NO6. The van der Waals surface area contributed by atoms with Gasteiger partial charge in [-0.2, -0.15) is 0 Å². The smallest absolute Gasteiger partial charge is 0.414 e. The molecule has 1 amide bonds. The quantitative estimate of drug-likeness (QED) is 0.611. The van der Waals surface area contributed by atoms with Gasteiger partial charge in [0.05, 0.1) is 0 Å². The zero-order valence-electron chi connectivity index (χ0n) is 14.2. The molecular weight excluding hydrogens is 350 g/mol. The molecule has 0 saturated carbocycles. The average molecular weight is 367 g/mol. The summed E-state index contributed by atoms with van der Waals surface area (Å²) >= 11 is 0. The number of anilines is 1. The topological polar surface area (TPSA) is 113 Å². The van der Waals surface area contributed by atoms with Gasteiger partial charge in [-0.1, -0.05) is 48.5 Å². The van der Waals surface area contributed by atoms with Crippen LogP contribution in [0.15, 0.2) is 72.8 Å². The highest BCUT2D eigenvalue weighted by Gasteiger charge is 2.04. The van der Waals surface area contributed by atoms with Gasteiger partial charge >= 0.3 is 11.9 Å². The van der Waals surface area contributed by atoms with Crippen LogP contribution in [0.25, 0.3) is 10.8 Å². The van der Waals surface area contributed by atoms with Gasteiger partial charge in [-0.25, -0.2) is 9.59 Å². The number of carboxylic acids is 2. The first-order chi connectivity index (χ1) is 13.0. The molecule has 0 unspecified atom stereocenters. The molecule has 0 aromatic heterocycles.